The van der Waals surface area contributed by atoms with Gasteiger partial charge in [0.1, 0.15) is 17.2 Å². The van der Waals surface area contributed by atoms with Crippen molar-refractivity contribution in [2.45, 2.75) is 4.90 Å². The molecule has 31 heavy (non-hydrogen) atoms. The Labute approximate surface area is 223 Å². The number of phenolic OH excluding ortho intramolecular Hbond substituents is 1. The van der Waals surface area contributed by atoms with E-state index in [0.717, 1.165) is 0 Å². The molecule has 12 heteroatoms. The smallest absolute Gasteiger partial charge is 0.294 e. The molecular weight excluding hydrogens is 442 g/mol. The predicted molar refractivity (Wildman–Crippen MR) is 117 cm³/mol. The molecule has 3 rings (SSSR count). The minimum atomic E-state index is -4.31. The number of hydrogen-bond acceptors (Lipinski definition) is 8. The van der Waals surface area contributed by atoms with Gasteiger partial charge in [0.15, 0.2) is 0 Å². The molecule has 9 nitrogen and oxygen atoms in total. The number of phenols is 1. The van der Waals surface area contributed by atoms with Crippen molar-refractivity contribution in [1.29, 1.82) is 0 Å². The van der Waals surface area contributed by atoms with Gasteiger partial charge in [-0.2, -0.15) is 23.8 Å². The molecular formula is C19H16N4Na2O5S. The van der Waals surface area contributed by atoms with Crippen molar-refractivity contribution >= 4 is 92.0 Å². The number of hydrogen-bond donors (Lipinski definition) is 2. The molecule has 2 radical (unpaired) electrons. The average molecular weight is 458 g/mol. The monoisotopic (exact) mass is 458 g/mol. The van der Waals surface area contributed by atoms with Crippen LogP contribution in [-0.4, -0.2) is 84.3 Å². The maximum absolute atomic E-state index is 11.2. The third-order valence-electron chi connectivity index (χ3n) is 3.68. The second kappa shape index (κ2) is 12.4. The van der Waals surface area contributed by atoms with Gasteiger partial charge in [0.2, 0.25) is 0 Å². The average Bonchev–Trinajstić information content (AvgIpc) is 2.71. The maximum Gasteiger partial charge on any atom is 0.294 e. The molecule has 2 N–H and O–H groups in total. The molecule has 0 saturated carbocycles. The molecule has 0 fully saturated rings. The third kappa shape index (κ3) is 8.09. The first-order valence-electron chi connectivity index (χ1n) is 8.23. The molecule has 0 aliphatic rings. The van der Waals surface area contributed by atoms with Gasteiger partial charge in [-0.1, -0.05) is 6.07 Å². The van der Waals surface area contributed by atoms with Crippen LogP contribution in [0.4, 0.5) is 22.7 Å². The topological polar surface area (TPSA) is 133 Å². The summed E-state index contributed by atoms with van der Waals surface area (Å²) in [4.78, 5) is -0.267. The molecule has 0 unspecified atom stereocenters. The van der Waals surface area contributed by atoms with Crippen molar-refractivity contribution in [3.8, 4) is 11.5 Å². The Bertz CT molecular complexity index is 1190. The fourth-order valence-electron chi connectivity index (χ4n) is 2.26. The zero-order chi connectivity index (χ0) is 20.9. The number of aromatic hydroxyl groups is 1. The van der Waals surface area contributed by atoms with Crippen LogP contribution in [0.2, 0.25) is 0 Å². The molecule has 0 aliphatic carbocycles. The van der Waals surface area contributed by atoms with Crippen molar-refractivity contribution in [1.82, 2.24) is 0 Å². The Morgan fingerprint density at radius 3 is 1.97 bits per heavy atom. The zero-order valence-corrected chi connectivity index (χ0v) is 22.0. The van der Waals surface area contributed by atoms with Crippen molar-refractivity contribution in [2.75, 3.05) is 7.11 Å². The molecule has 0 aliphatic heterocycles. The number of benzene rings is 3. The van der Waals surface area contributed by atoms with Gasteiger partial charge in [0.05, 0.1) is 29.1 Å². The van der Waals surface area contributed by atoms with E-state index in [4.69, 9.17) is 9.29 Å². The van der Waals surface area contributed by atoms with Crippen molar-refractivity contribution in [3.63, 3.8) is 0 Å². The standard InChI is InChI=1S/C19H16N4O5S.2Na/c1-28-19-12-15(22-21-14-3-2-4-17(11-14)29(25,26)27)7-10-18(19)23-20-13-5-8-16(24)9-6-13;;/h2-12,24H,1H3,(H,25,26,27);;. The van der Waals surface area contributed by atoms with E-state index in [2.05, 4.69) is 20.5 Å². The Morgan fingerprint density at radius 2 is 1.35 bits per heavy atom. The van der Waals surface area contributed by atoms with E-state index < -0.39 is 10.1 Å². The predicted octanol–water partition coefficient (Wildman–Crippen LogP) is 4.72. The van der Waals surface area contributed by atoms with Crippen molar-refractivity contribution in [2.24, 2.45) is 20.5 Å². The first-order chi connectivity index (χ1) is 13.8. The molecule has 0 bridgehead atoms. The van der Waals surface area contributed by atoms with Gasteiger partial charge in [0, 0.05) is 65.2 Å². The zero-order valence-electron chi connectivity index (χ0n) is 17.2. The van der Waals surface area contributed by atoms with E-state index >= 15 is 0 Å². The SMILES string of the molecule is COc1cc(N=Nc2cccc(S(=O)(=O)O)c2)ccc1N=Nc1ccc(O)cc1.[Na].[Na]. The Hall–Kier alpha value is -1.63. The number of nitrogens with zero attached hydrogens (tertiary/aromatic N) is 4. The minimum absolute atomic E-state index is 0. The fourth-order valence-corrected chi connectivity index (χ4v) is 2.78. The van der Waals surface area contributed by atoms with E-state index in [0.29, 0.717) is 22.8 Å². The Balaban J connectivity index is 0.00000240. The number of azo groups is 2. The van der Waals surface area contributed by atoms with Crippen LogP contribution in [-0.2, 0) is 10.1 Å². The van der Waals surface area contributed by atoms with E-state index in [1.54, 1.807) is 36.4 Å². The summed E-state index contributed by atoms with van der Waals surface area (Å²) in [6.45, 7) is 0. The van der Waals surface area contributed by atoms with Crippen LogP contribution in [0.15, 0.2) is 92.1 Å². The van der Waals surface area contributed by atoms with Gasteiger partial charge in [-0.15, -0.1) is 5.11 Å². The maximum atomic E-state index is 11.2. The van der Waals surface area contributed by atoms with E-state index in [-0.39, 0.29) is 75.4 Å². The largest absolute Gasteiger partial charge is 0.508 e. The molecule has 0 atom stereocenters. The first-order valence-corrected chi connectivity index (χ1v) is 9.67. The van der Waals surface area contributed by atoms with E-state index in [1.165, 1.54) is 37.4 Å². The minimum Gasteiger partial charge on any atom is -0.508 e. The number of rotatable bonds is 6. The van der Waals surface area contributed by atoms with Crippen LogP contribution >= 0.6 is 0 Å². The molecule has 0 saturated heterocycles. The van der Waals surface area contributed by atoms with Crippen LogP contribution < -0.4 is 4.74 Å². The van der Waals surface area contributed by atoms with Gasteiger partial charge >= 0.3 is 0 Å². The summed E-state index contributed by atoms with van der Waals surface area (Å²) in [6.07, 6.45) is 0. The third-order valence-corrected chi connectivity index (χ3v) is 4.53. The molecule has 0 aromatic heterocycles. The summed E-state index contributed by atoms with van der Waals surface area (Å²) in [5.74, 6) is 0.550. The van der Waals surface area contributed by atoms with Gasteiger partial charge < -0.3 is 9.84 Å². The summed E-state index contributed by atoms with van der Waals surface area (Å²) >= 11 is 0. The second-order valence-corrected chi connectivity index (χ2v) is 7.17. The normalized spacial score (nSPS) is 11.2. The number of ether oxygens (including phenoxy) is 1. The summed E-state index contributed by atoms with van der Waals surface area (Å²) in [5, 5.41) is 25.5. The molecule has 0 amide bonds. The summed E-state index contributed by atoms with van der Waals surface area (Å²) in [7, 11) is -2.84. The van der Waals surface area contributed by atoms with E-state index in [1.807, 2.05) is 0 Å². The summed E-state index contributed by atoms with van der Waals surface area (Å²) in [5.41, 5.74) is 1.73. The van der Waals surface area contributed by atoms with Crippen molar-refractivity contribution < 1.29 is 22.8 Å². The Kier molecular flexibility index (Phi) is 11.0. The fraction of sp³-hybridized carbons (Fsp3) is 0.0526. The first kappa shape index (κ1) is 27.4. The van der Waals surface area contributed by atoms with Gasteiger partial charge in [0.25, 0.3) is 10.1 Å². The quantitative estimate of drug-likeness (QED) is 0.313. The molecule has 3 aromatic carbocycles. The van der Waals surface area contributed by atoms with Crippen LogP contribution in [0.25, 0.3) is 0 Å². The number of methoxy groups -OCH3 is 1. The summed E-state index contributed by atoms with van der Waals surface area (Å²) < 4.78 is 36.8. The molecule has 0 heterocycles. The van der Waals surface area contributed by atoms with Crippen LogP contribution in [0.3, 0.4) is 0 Å². The van der Waals surface area contributed by atoms with Crippen LogP contribution in [0, 0.1) is 0 Å². The van der Waals surface area contributed by atoms with Crippen molar-refractivity contribution in [3.05, 3.63) is 66.7 Å². The van der Waals surface area contributed by atoms with Crippen LogP contribution in [0.1, 0.15) is 0 Å². The van der Waals surface area contributed by atoms with Crippen LogP contribution in [0.5, 0.6) is 11.5 Å². The van der Waals surface area contributed by atoms with Gasteiger partial charge in [-0.25, -0.2) is 0 Å². The molecule has 150 valence electrons. The summed E-state index contributed by atoms with van der Waals surface area (Å²) in [6, 6.07) is 16.6. The second-order valence-electron chi connectivity index (χ2n) is 5.74. The molecule has 3 aromatic rings. The van der Waals surface area contributed by atoms with Gasteiger partial charge in [-0.05, 0) is 54.6 Å². The van der Waals surface area contributed by atoms with E-state index in [9.17, 15) is 13.5 Å². The molecule has 0 spiro atoms. The van der Waals surface area contributed by atoms with Gasteiger partial charge in [-0.3, -0.25) is 4.55 Å². The Morgan fingerprint density at radius 1 is 0.774 bits per heavy atom.